The van der Waals surface area contributed by atoms with Gasteiger partial charge in [-0.1, -0.05) is 12.1 Å². The molecule has 0 aliphatic rings. The van der Waals surface area contributed by atoms with Crippen LogP contribution >= 0.6 is 12.4 Å². The van der Waals surface area contributed by atoms with E-state index in [1.165, 1.54) is 12.1 Å². The van der Waals surface area contributed by atoms with Crippen LogP contribution in [0.5, 0.6) is 0 Å². The van der Waals surface area contributed by atoms with Crippen molar-refractivity contribution in [3.63, 3.8) is 0 Å². The van der Waals surface area contributed by atoms with Crippen LogP contribution in [0.2, 0.25) is 0 Å². The molecule has 3 nitrogen and oxygen atoms in total. The van der Waals surface area contributed by atoms with Gasteiger partial charge in [-0.2, -0.15) is 0 Å². The molecule has 1 rings (SSSR count). The summed E-state index contributed by atoms with van der Waals surface area (Å²) in [6.45, 7) is 3.29. The lowest BCUT2D eigenvalue weighted by Crippen LogP contribution is -2.31. The monoisotopic (exact) mass is 260 g/mol. The largest absolute Gasteiger partial charge is 0.339 e. The minimum atomic E-state index is -0.278. The highest BCUT2D eigenvalue weighted by atomic mass is 35.5. The van der Waals surface area contributed by atoms with Gasteiger partial charge in [0.25, 0.3) is 0 Å². The smallest absolute Gasteiger partial charge is 0.224 e. The fourth-order valence-electron chi connectivity index (χ4n) is 1.51. The summed E-state index contributed by atoms with van der Waals surface area (Å²) < 4.78 is 12.9. The Bertz CT molecular complexity index is 360. The van der Waals surface area contributed by atoms with Gasteiger partial charge in [0.05, 0.1) is 0 Å². The van der Waals surface area contributed by atoms with Crippen LogP contribution in [-0.2, 0) is 11.3 Å². The summed E-state index contributed by atoms with van der Waals surface area (Å²) >= 11 is 0. The third-order valence-electron chi connectivity index (χ3n) is 2.36. The topological polar surface area (TPSA) is 46.3 Å². The van der Waals surface area contributed by atoms with Crippen LogP contribution in [0.25, 0.3) is 0 Å². The summed E-state index contributed by atoms with van der Waals surface area (Å²) in [6, 6.07) is 6.28. The molecule has 0 saturated heterocycles. The third-order valence-corrected chi connectivity index (χ3v) is 2.36. The first-order valence-electron chi connectivity index (χ1n) is 5.39. The molecule has 0 atom stereocenters. The van der Waals surface area contributed by atoms with Crippen molar-refractivity contribution in [3.05, 3.63) is 35.6 Å². The molecule has 1 aromatic carbocycles. The van der Waals surface area contributed by atoms with E-state index in [1.807, 2.05) is 13.0 Å². The number of amides is 1. The molecule has 0 aliphatic carbocycles. The highest BCUT2D eigenvalue weighted by Gasteiger charge is 2.10. The predicted octanol–water partition coefficient (Wildman–Crippen LogP) is 1.94. The summed E-state index contributed by atoms with van der Waals surface area (Å²) in [6.07, 6.45) is 0.336. The number of hydrogen-bond acceptors (Lipinski definition) is 2. The maximum atomic E-state index is 12.9. The molecular formula is C12H18ClFN2O. The zero-order valence-corrected chi connectivity index (χ0v) is 10.7. The van der Waals surface area contributed by atoms with Gasteiger partial charge in [-0.15, -0.1) is 12.4 Å². The Labute approximate surface area is 107 Å². The molecule has 0 fully saturated rings. The van der Waals surface area contributed by atoms with Gasteiger partial charge in [-0.05, 0) is 24.6 Å². The molecule has 0 aliphatic heterocycles. The van der Waals surface area contributed by atoms with E-state index in [-0.39, 0.29) is 24.1 Å². The summed E-state index contributed by atoms with van der Waals surface area (Å²) in [4.78, 5) is 13.3. The number of hydrogen-bond donors (Lipinski definition) is 1. The zero-order valence-electron chi connectivity index (χ0n) is 9.86. The van der Waals surface area contributed by atoms with Crippen molar-refractivity contribution in [2.24, 2.45) is 5.73 Å². The minimum Gasteiger partial charge on any atom is -0.339 e. The Kier molecular flexibility index (Phi) is 7.50. The second kappa shape index (κ2) is 8.03. The molecule has 0 unspecified atom stereocenters. The summed E-state index contributed by atoms with van der Waals surface area (Å²) in [7, 11) is 0. The van der Waals surface area contributed by atoms with Crippen LogP contribution in [0.15, 0.2) is 24.3 Å². The van der Waals surface area contributed by atoms with Gasteiger partial charge in [0.15, 0.2) is 0 Å². The Balaban J connectivity index is 0.00000256. The van der Waals surface area contributed by atoms with Crippen molar-refractivity contribution in [2.75, 3.05) is 13.1 Å². The van der Waals surface area contributed by atoms with Crippen molar-refractivity contribution in [3.8, 4) is 0 Å². The number of rotatable bonds is 5. The molecule has 0 bridgehead atoms. The molecule has 96 valence electrons. The van der Waals surface area contributed by atoms with E-state index in [0.29, 0.717) is 26.1 Å². The standard InChI is InChI=1S/C12H17FN2O.ClH/c1-2-15(12(16)6-7-14)9-10-4-3-5-11(13)8-10;/h3-5,8H,2,6-7,9,14H2,1H3;1H. The summed E-state index contributed by atoms with van der Waals surface area (Å²) in [5.41, 5.74) is 6.13. The van der Waals surface area contributed by atoms with E-state index in [9.17, 15) is 9.18 Å². The molecule has 1 amide bonds. The van der Waals surface area contributed by atoms with E-state index in [4.69, 9.17) is 5.73 Å². The van der Waals surface area contributed by atoms with Crippen LogP contribution in [0.1, 0.15) is 18.9 Å². The first-order chi connectivity index (χ1) is 7.67. The van der Waals surface area contributed by atoms with Gasteiger partial charge >= 0.3 is 0 Å². The lowest BCUT2D eigenvalue weighted by Gasteiger charge is -2.20. The maximum absolute atomic E-state index is 12.9. The summed E-state index contributed by atoms with van der Waals surface area (Å²) in [5.74, 6) is -0.269. The van der Waals surface area contributed by atoms with Crippen molar-refractivity contribution < 1.29 is 9.18 Å². The van der Waals surface area contributed by atoms with Gasteiger partial charge in [0, 0.05) is 26.1 Å². The highest BCUT2D eigenvalue weighted by molar-refractivity contribution is 5.85. The highest BCUT2D eigenvalue weighted by Crippen LogP contribution is 2.08. The van der Waals surface area contributed by atoms with Crippen LogP contribution < -0.4 is 5.73 Å². The second-order valence-corrected chi connectivity index (χ2v) is 3.58. The number of benzene rings is 1. The van der Waals surface area contributed by atoms with Crippen LogP contribution in [0.4, 0.5) is 4.39 Å². The Morgan fingerprint density at radius 3 is 2.71 bits per heavy atom. The van der Waals surface area contributed by atoms with Crippen LogP contribution in [0.3, 0.4) is 0 Å². The number of carbonyl (C=O) groups excluding carboxylic acids is 1. The van der Waals surface area contributed by atoms with E-state index in [2.05, 4.69) is 0 Å². The lowest BCUT2D eigenvalue weighted by atomic mass is 10.2. The normalized spacial score (nSPS) is 9.59. The number of nitrogens with zero attached hydrogens (tertiary/aromatic N) is 1. The molecule has 0 aromatic heterocycles. The van der Waals surface area contributed by atoms with Crippen molar-refractivity contribution >= 4 is 18.3 Å². The molecular weight excluding hydrogens is 243 g/mol. The molecule has 17 heavy (non-hydrogen) atoms. The second-order valence-electron chi connectivity index (χ2n) is 3.58. The Morgan fingerprint density at radius 1 is 1.47 bits per heavy atom. The average Bonchev–Trinajstić information content (AvgIpc) is 2.26. The van der Waals surface area contributed by atoms with Gasteiger partial charge in [0.1, 0.15) is 5.82 Å². The van der Waals surface area contributed by atoms with Gasteiger partial charge in [0.2, 0.25) is 5.91 Å². The molecule has 0 radical (unpaired) electrons. The molecule has 0 heterocycles. The molecule has 5 heteroatoms. The average molecular weight is 261 g/mol. The van der Waals surface area contributed by atoms with E-state index >= 15 is 0 Å². The van der Waals surface area contributed by atoms with Crippen LogP contribution in [0, 0.1) is 5.82 Å². The fourth-order valence-corrected chi connectivity index (χ4v) is 1.51. The SMILES string of the molecule is CCN(Cc1cccc(F)c1)C(=O)CCN.Cl. The van der Waals surface area contributed by atoms with Crippen molar-refractivity contribution in [1.29, 1.82) is 0 Å². The maximum Gasteiger partial charge on any atom is 0.224 e. The first-order valence-corrected chi connectivity index (χ1v) is 5.39. The van der Waals surface area contributed by atoms with Crippen molar-refractivity contribution in [1.82, 2.24) is 4.90 Å². The predicted molar refractivity (Wildman–Crippen MR) is 68.4 cm³/mol. The van der Waals surface area contributed by atoms with Gasteiger partial charge < -0.3 is 10.6 Å². The molecule has 0 spiro atoms. The van der Waals surface area contributed by atoms with Crippen LogP contribution in [-0.4, -0.2) is 23.9 Å². The molecule has 0 saturated carbocycles. The Hall–Kier alpha value is -1.13. The number of nitrogens with two attached hydrogens (primary N) is 1. The number of carbonyl (C=O) groups is 1. The zero-order chi connectivity index (χ0) is 12.0. The molecule has 2 N–H and O–H groups in total. The Morgan fingerprint density at radius 2 is 2.18 bits per heavy atom. The van der Waals surface area contributed by atoms with E-state index in [1.54, 1.807) is 11.0 Å². The first kappa shape index (κ1) is 15.9. The number of halogens is 2. The minimum absolute atomic E-state index is 0. The third kappa shape index (κ3) is 5.15. The van der Waals surface area contributed by atoms with E-state index < -0.39 is 0 Å². The fraction of sp³-hybridized carbons (Fsp3) is 0.417. The van der Waals surface area contributed by atoms with Gasteiger partial charge in [-0.3, -0.25) is 4.79 Å². The lowest BCUT2D eigenvalue weighted by molar-refractivity contribution is -0.131. The van der Waals surface area contributed by atoms with Crippen molar-refractivity contribution in [2.45, 2.75) is 19.9 Å². The molecule has 1 aromatic rings. The summed E-state index contributed by atoms with van der Waals surface area (Å²) in [5, 5.41) is 0. The van der Waals surface area contributed by atoms with Gasteiger partial charge in [-0.25, -0.2) is 4.39 Å². The van der Waals surface area contributed by atoms with E-state index in [0.717, 1.165) is 5.56 Å². The quantitative estimate of drug-likeness (QED) is 0.880.